The Morgan fingerprint density at radius 3 is 2.40 bits per heavy atom. The van der Waals surface area contributed by atoms with Crippen LogP contribution in [0.25, 0.3) is 0 Å². The van der Waals surface area contributed by atoms with Crippen molar-refractivity contribution in [3.63, 3.8) is 0 Å². The van der Waals surface area contributed by atoms with Crippen LogP contribution in [0.5, 0.6) is 0 Å². The summed E-state index contributed by atoms with van der Waals surface area (Å²) in [7, 11) is 0. The van der Waals surface area contributed by atoms with Gasteiger partial charge in [0.15, 0.2) is 0 Å². The fraction of sp³-hybridized carbons (Fsp3) is 0.833. The first-order valence-electron chi connectivity index (χ1n) is 3.53. The van der Waals surface area contributed by atoms with Crippen molar-refractivity contribution in [1.82, 2.24) is 10.4 Å². The van der Waals surface area contributed by atoms with Crippen LogP contribution in [-0.2, 0) is 0 Å². The maximum atomic E-state index is 3.25. The molecule has 0 unspecified atom stereocenters. The van der Waals surface area contributed by atoms with Crippen LogP contribution in [0, 0.1) is 0 Å². The Hall–Kier alpha value is 0.669. The summed E-state index contributed by atoms with van der Waals surface area (Å²) >= 11 is 5.40. The van der Waals surface area contributed by atoms with Gasteiger partial charge in [-0.05, 0) is 0 Å². The number of rotatable bonds is 2. The van der Waals surface area contributed by atoms with Gasteiger partial charge >= 0.3 is 77.8 Å². The van der Waals surface area contributed by atoms with Gasteiger partial charge in [-0.15, -0.1) is 0 Å². The minimum absolute atomic E-state index is 1.11. The summed E-state index contributed by atoms with van der Waals surface area (Å²) in [5, 5.41) is 2.26. The summed E-state index contributed by atoms with van der Waals surface area (Å²) in [6, 6.07) is 0. The molecule has 10 heavy (non-hydrogen) atoms. The SMILES string of the molecule is [Se]=C([SeH])NN1CCCCC1. The van der Waals surface area contributed by atoms with Crippen molar-refractivity contribution in [2.75, 3.05) is 13.1 Å². The van der Waals surface area contributed by atoms with E-state index in [0.717, 1.165) is 3.44 Å². The Morgan fingerprint density at radius 2 is 1.90 bits per heavy atom. The third-order valence-electron chi connectivity index (χ3n) is 1.61. The van der Waals surface area contributed by atoms with Crippen molar-refractivity contribution in [2.45, 2.75) is 19.3 Å². The number of hydrazine groups is 1. The van der Waals surface area contributed by atoms with Crippen molar-refractivity contribution in [3.05, 3.63) is 0 Å². The first-order chi connectivity index (χ1) is 4.79. The molecule has 58 valence electrons. The first-order valence-corrected chi connectivity index (χ1v) is 5.33. The average Bonchev–Trinajstić information content (AvgIpc) is 1.88. The van der Waals surface area contributed by atoms with Crippen molar-refractivity contribution in [3.8, 4) is 0 Å². The van der Waals surface area contributed by atoms with E-state index in [1.54, 1.807) is 0 Å². The molecule has 0 saturated carbocycles. The van der Waals surface area contributed by atoms with Crippen molar-refractivity contribution in [2.24, 2.45) is 0 Å². The molecule has 0 aliphatic carbocycles. The molecule has 1 rings (SSSR count). The molecule has 1 aliphatic rings. The monoisotopic (exact) mass is 272 g/mol. The average molecular weight is 270 g/mol. The van der Waals surface area contributed by atoms with Crippen LogP contribution in [0.4, 0.5) is 0 Å². The number of piperidine rings is 1. The molecule has 1 heterocycles. The quantitative estimate of drug-likeness (QED) is 0.656. The second kappa shape index (κ2) is 4.53. The molecule has 0 amide bonds. The van der Waals surface area contributed by atoms with Gasteiger partial charge < -0.3 is 0 Å². The molecular formula is C6H12N2Se2. The summed E-state index contributed by atoms with van der Waals surface area (Å²) in [5.41, 5.74) is 3.25. The summed E-state index contributed by atoms with van der Waals surface area (Å²) in [4.78, 5) is 0. The fourth-order valence-corrected chi connectivity index (χ4v) is 1.71. The molecule has 1 N–H and O–H groups in total. The summed E-state index contributed by atoms with van der Waals surface area (Å²) in [6.07, 6.45) is 4.04. The zero-order chi connectivity index (χ0) is 7.40. The van der Waals surface area contributed by atoms with Crippen LogP contribution in [0.2, 0.25) is 0 Å². The van der Waals surface area contributed by atoms with Crippen LogP contribution in [-0.4, -0.2) is 53.1 Å². The molecule has 0 aromatic rings. The second-order valence-corrected chi connectivity index (χ2v) is 5.74. The third-order valence-corrected chi connectivity index (χ3v) is 2.01. The van der Waals surface area contributed by atoms with Crippen LogP contribution < -0.4 is 5.43 Å². The molecule has 0 radical (unpaired) electrons. The van der Waals surface area contributed by atoms with E-state index in [-0.39, 0.29) is 0 Å². The molecular weight excluding hydrogens is 258 g/mol. The van der Waals surface area contributed by atoms with E-state index in [4.69, 9.17) is 0 Å². The first kappa shape index (κ1) is 8.76. The molecule has 0 aromatic heterocycles. The van der Waals surface area contributed by atoms with Gasteiger partial charge in [-0.2, -0.15) is 0 Å². The zero-order valence-corrected chi connectivity index (χ0v) is 9.43. The topological polar surface area (TPSA) is 15.3 Å². The van der Waals surface area contributed by atoms with Gasteiger partial charge in [0.05, 0.1) is 0 Å². The van der Waals surface area contributed by atoms with Gasteiger partial charge in [-0.1, -0.05) is 0 Å². The molecule has 1 fully saturated rings. The molecule has 1 aliphatic heterocycles. The van der Waals surface area contributed by atoms with Crippen molar-refractivity contribution in [1.29, 1.82) is 0 Å². The number of nitrogens with zero attached hydrogens (tertiary/aromatic N) is 1. The predicted octanol–water partition coefficient (Wildman–Crippen LogP) is -0.866. The third kappa shape index (κ3) is 3.18. The van der Waals surface area contributed by atoms with Gasteiger partial charge in [-0.3, -0.25) is 0 Å². The van der Waals surface area contributed by atoms with Gasteiger partial charge in [0.25, 0.3) is 0 Å². The van der Waals surface area contributed by atoms with Gasteiger partial charge in [0.2, 0.25) is 0 Å². The normalized spacial score (nSPS) is 20.5. The minimum atomic E-state index is 1.11. The summed E-state index contributed by atoms with van der Waals surface area (Å²) < 4.78 is 1.11. The van der Waals surface area contributed by atoms with E-state index in [0.29, 0.717) is 0 Å². The van der Waals surface area contributed by atoms with Gasteiger partial charge in [-0.25, -0.2) is 0 Å². The fourth-order valence-electron chi connectivity index (χ4n) is 1.14. The molecule has 0 atom stereocenters. The molecule has 0 aromatic carbocycles. The number of hydrogen-bond acceptors (Lipinski definition) is 2. The molecule has 2 nitrogen and oxygen atoms in total. The van der Waals surface area contributed by atoms with Crippen LogP contribution in [0.1, 0.15) is 19.3 Å². The molecule has 0 spiro atoms. The second-order valence-electron chi connectivity index (χ2n) is 2.46. The van der Waals surface area contributed by atoms with E-state index in [2.05, 4.69) is 42.0 Å². The Bertz CT molecular complexity index is 121. The van der Waals surface area contributed by atoms with E-state index in [1.165, 1.54) is 32.4 Å². The standard InChI is InChI=1S/C6H12N2Se2/c9-6(10)7-8-4-2-1-3-5-8/h1-5H2,(H2,7,9,10). The molecule has 0 bridgehead atoms. The summed E-state index contributed by atoms with van der Waals surface area (Å²) in [6.45, 7) is 2.37. The van der Waals surface area contributed by atoms with Crippen molar-refractivity contribution >= 4 is 35.0 Å². The van der Waals surface area contributed by atoms with Crippen LogP contribution >= 0.6 is 0 Å². The predicted molar refractivity (Wildman–Crippen MR) is 46.5 cm³/mol. The van der Waals surface area contributed by atoms with E-state index in [9.17, 15) is 0 Å². The zero-order valence-electron chi connectivity index (χ0n) is 5.84. The van der Waals surface area contributed by atoms with Crippen molar-refractivity contribution < 1.29 is 0 Å². The van der Waals surface area contributed by atoms with E-state index >= 15 is 0 Å². The molecule has 1 saturated heterocycles. The Balaban J connectivity index is 2.19. The van der Waals surface area contributed by atoms with Gasteiger partial charge in [0, 0.05) is 0 Å². The Kier molecular flexibility index (Phi) is 3.97. The summed E-state index contributed by atoms with van der Waals surface area (Å²) in [5.74, 6) is 0. The van der Waals surface area contributed by atoms with E-state index < -0.39 is 0 Å². The van der Waals surface area contributed by atoms with Crippen LogP contribution in [0.15, 0.2) is 0 Å². The number of hydrogen-bond donors (Lipinski definition) is 1. The molecule has 4 heteroatoms. The van der Waals surface area contributed by atoms with Gasteiger partial charge in [0.1, 0.15) is 0 Å². The maximum absolute atomic E-state index is 3.25. The van der Waals surface area contributed by atoms with E-state index in [1.807, 2.05) is 0 Å². The Labute approximate surface area is 77.9 Å². The van der Waals surface area contributed by atoms with Crippen LogP contribution in [0.3, 0.4) is 0 Å². The number of nitrogens with one attached hydrogen (secondary N) is 1. The Morgan fingerprint density at radius 1 is 1.30 bits per heavy atom.